The molecule has 0 radical (unpaired) electrons. The molecular formula is C16H26N4O. The third-order valence-corrected chi connectivity index (χ3v) is 4.97. The average molecular weight is 290 g/mol. The molecule has 5 heteroatoms. The number of rotatable bonds is 3. The normalized spacial score (nSPS) is 27.2. The highest BCUT2D eigenvalue weighted by molar-refractivity contribution is 5.82. The van der Waals surface area contributed by atoms with Crippen LogP contribution in [0, 0.1) is 0 Å². The number of likely N-dealkylation sites (tertiary alicyclic amines) is 2. The zero-order chi connectivity index (χ0) is 14.8. The Balaban J connectivity index is 1.69. The second-order valence-electron chi connectivity index (χ2n) is 6.32. The number of imidazole rings is 1. The van der Waals surface area contributed by atoms with Crippen LogP contribution >= 0.6 is 0 Å². The van der Waals surface area contributed by atoms with E-state index in [0.29, 0.717) is 11.9 Å². The highest BCUT2D eigenvalue weighted by atomic mass is 16.2. The Morgan fingerprint density at radius 3 is 2.86 bits per heavy atom. The smallest absolute Gasteiger partial charge is 0.239 e. The standard InChI is InChI=1S/C16H26N4O/c1-3-15-17-8-11-20(15)13-6-4-10-19(12-13)16(21)14-7-5-9-18(14)2/h8,11,13-14H,3-7,9-10,12H2,1-2H3/t13-,14+/m1/s1. The van der Waals surface area contributed by atoms with Gasteiger partial charge in [-0.25, -0.2) is 4.98 Å². The van der Waals surface area contributed by atoms with Crippen LogP contribution in [0.4, 0.5) is 0 Å². The fraction of sp³-hybridized carbons (Fsp3) is 0.750. The monoisotopic (exact) mass is 290 g/mol. The molecule has 2 aliphatic rings. The van der Waals surface area contributed by atoms with Crippen molar-refractivity contribution in [2.24, 2.45) is 0 Å². The first-order chi connectivity index (χ1) is 10.2. The number of likely N-dealkylation sites (N-methyl/N-ethyl adjacent to an activating group) is 1. The second kappa shape index (κ2) is 6.18. The first-order valence-electron chi connectivity index (χ1n) is 8.21. The first-order valence-corrected chi connectivity index (χ1v) is 8.21. The lowest BCUT2D eigenvalue weighted by molar-refractivity contribution is -0.137. The van der Waals surface area contributed by atoms with Crippen molar-refractivity contribution < 1.29 is 4.79 Å². The molecular weight excluding hydrogens is 264 g/mol. The van der Waals surface area contributed by atoms with Crippen molar-refractivity contribution in [3.8, 4) is 0 Å². The summed E-state index contributed by atoms with van der Waals surface area (Å²) in [5, 5.41) is 0. The maximum absolute atomic E-state index is 12.7. The van der Waals surface area contributed by atoms with Crippen LogP contribution in [0.3, 0.4) is 0 Å². The fourth-order valence-electron chi connectivity index (χ4n) is 3.77. The average Bonchev–Trinajstić information content (AvgIpc) is 3.15. The van der Waals surface area contributed by atoms with Gasteiger partial charge in [-0.15, -0.1) is 0 Å². The van der Waals surface area contributed by atoms with Gasteiger partial charge in [0.05, 0.1) is 12.1 Å². The SMILES string of the molecule is CCc1nccn1[C@@H]1CCCN(C(=O)[C@@H]2CCCN2C)C1. The maximum atomic E-state index is 12.7. The Hall–Kier alpha value is -1.36. The van der Waals surface area contributed by atoms with Gasteiger partial charge in [-0.3, -0.25) is 9.69 Å². The van der Waals surface area contributed by atoms with Gasteiger partial charge in [0.15, 0.2) is 0 Å². The molecule has 3 heterocycles. The van der Waals surface area contributed by atoms with Crippen molar-refractivity contribution in [1.29, 1.82) is 0 Å². The van der Waals surface area contributed by atoms with Crippen LogP contribution < -0.4 is 0 Å². The fourth-order valence-corrected chi connectivity index (χ4v) is 3.77. The van der Waals surface area contributed by atoms with E-state index < -0.39 is 0 Å². The first kappa shape index (κ1) is 14.6. The summed E-state index contributed by atoms with van der Waals surface area (Å²) in [6.07, 6.45) is 9.29. The molecule has 0 N–H and O–H groups in total. The number of carbonyl (C=O) groups excluding carboxylic acids is 1. The third kappa shape index (κ3) is 2.84. The van der Waals surface area contributed by atoms with Crippen molar-refractivity contribution in [2.45, 2.75) is 51.1 Å². The molecule has 2 aliphatic heterocycles. The molecule has 0 spiro atoms. The van der Waals surface area contributed by atoms with E-state index in [0.717, 1.165) is 57.6 Å². The molecule has 1 aromatic rings. The Labute approximate surface area is 126 Å². The van der Waals surface area contributed by atoms with E-state index in [9.17, 15) is 4.79 Å². The number of nitrogens with zero attached hydrogens (tertiary/aromatic N) is 4. The van der Waals surface area contributed by atoms with Crippen molar-refractivity contribution in [3.05, 3.63) is 18.2 Å². The summed E-state index contributed by atoms with van der Waals surface area (Å²) in [7, 11) is 2.07. The summed E-state index contributed by atoms with van der Waals surface area (Å²) in [5.41, 5.74) is 0. The van der Waals surface area contributed by atoms with E-state index in [1.165, 1.54) is 0 Å². The van der Waals surface area contributed by atoms with E-state index >= 15 is 0 Å². The Morgan fingerprint density at radius 1 is 1.33 bits per heavy atom. The molecule has 0 aromatic carbocycles. The van der Waals surface area contributed by atoms with Gasteiger partial charge in [0.2, 0.25) is 5.91 Å². The molecule has 2 atom stereocenters. The van der Waals surface area contributed by atoms with Gasteiger partial charge in [-0.2, -0.15) is 0 Å². The van der Waals surface area contributed by atoms with Gasteiger partial charge < -0.3 is 9.47 Å². The summed E-state index contributed by atoms with van der Waals surface area (Å²) in [4.78, 5) is 21.5. The minimum Gasteiger partial charge on any atom is -0.339 e. The summed E-state index contributed by atoms with van der Waals surface area (Å²) in [6, 6.07) is 0.504. The number of aryl methyl sites for hydroxylation is 1. The molecule has 21 heavy (non-hydrogen) atoms. The maximum Gasteiger partial charge on any atom is 0.239 e. The van der Waals surface area contributed by atoms with Crippen LogP contribution in [0.5, 0.6) is 0 Å². The molecule has 1 aromatic heterocycles. The van der Waals surface area contributed by atoms with E-state index in [2.05, 4.69) is 39.5 Å². The van der Waals surface area contributed by atoms with Crippen molar-refractivity contribution in [1.82, 2.24) is 19.4 Å². The van der Waals surface area contributed by atoms with E-state index in [4.69, 9.17) is 0 Å². The van der Waals surface area contributed by atoms with Crippen molar-refractivity contribution in [3.63, 3.8) is 0 Å². The number of carbonyl (C=O) groups is 1. The minimum absolute atomic E-state index is 0.109. The van der Waals surface area contributed by atoms with E-state index in [1.807, 2.05) is 6.20 Å². The lowest BCUT2D eigenvalue weighted by atomic mass is 10.0. The number of piperidine rings is 1. The Bertz CT molecular complexity index is 498. The van der Waals surface area contributed by atoms with Gasteiger partial charge in [0.1, 0.15) is 5.82 Å². The number of hydrogen-bond acceptors (Lipinski definition) is 3. The zero-order valence-corrected chi connectivity index (χ0v) is 13.2. The number of hydrogen-bond donors (Lipinski definition) is 0. The van der Waals surface area contributed by atoms with E-state index in [-0.39, 0.29) is 6.04 Å². The Kier molecular flexibility index (Phi) is 4.29. The van der Waals surface area contributed by atoms with Gasteiger partial charge >= 0.3 is 0 Å². The topological polar surface area (TPSA) is 41.4 Å². The number of aromatic nitrogens is 2. The predicted octanol–water partition coefficient (Wildman–Crippen LogP) is 1.70. The van der Waals surface area contributed by atoms with Crippen molar-refractivity contribution >= 4 is 5.91 Å². The molecule has 0 saturated carbocycles. The minimum atomic E-state index is 0.109. The highest BCUT2D eigenvalue weighted by Gasteiger charge is 2.34. The molecule has 2 fully saturated rings. The van der Waals surface area contributed by atoms with Gasteiger partial charge in [0.25, 0.3) is 0 Å². The molecule has 116 valence electrons. The van der Waals surface area contributed by atoms with E-state index in [1.54, 1.807) is 0 Å². The largest absolute Gasteiger partial charge is 0.339 e. The summed E-state index contributed by atoms with van der Waals surface area (Å²) < 4.78 is 2.28. The molecule has 0 bridgehead atoms. The van der Waals surface area contributed by atoms with Crippen LogP contribution in [-0.4, -0.2) is 58.0 Å². The Morgan fingerprint density at radius 2 is 2.14 bits per heavy atom. The van der Waals surface area contributed by atoms with Crippen molar-refractivity contribution in [2.75, 3.05) is 26.7 Å². The molecule has 0 aliphatic carbocycles. The molecule has 5 nitrogen and oxygen atoms in total. The summed E-state index contributed by atoms with van der Waals surface area (Å²) >= 11 is 0. The summed E-state index contributed by atoms with van der Waals surface area (Å²) in [5.74, 6) is 1.46. The van der Waals surface area contributed by atoms with Crippen LogP contribution in [0.25, 0.3) is 0 Å². The molecule has 3 rings (SSSR count). The molecule has 0 unspecified atom stereocenters. The molecule has 1 amide bonds. The lowest BCUT2D eigenvalue weighted by Gasteiger charge is -2.36. The van der Waals surface area contributed by atoms with Gasteiger partial charge in [0, 0.05) is 31.9 Å². The third-order valence-electron chi connectivity index (χ3n) is 4.97. The van der Waals surface area contributed by atoms with Crippen LogP contribution in [0.2, 0.25) is 0 Å². The highest BCUT2D eigenvalue weighted by Crippen LogP contribution is 2.25. The van der Waals surface area contributed by atoms with Crippen LogP contribution in [0.1, 0.15) is 44.5 Å². The summed E-state index contributed by atoms with van der Waals surface area (Å²) in [6.45, 7) is 4.94. The second-order valence-corrected chi connectivity index (χ2v) is 6.32. The lowest BCUT2D eigenvalue weighted by Crippen LogP contribution is -2.48. The predicted molar refractivity (Wildman–Crippen MR) is 82.1 cm³/mol. The van der Waals surface area contributed by atoms with Gasteiger partial charge in [-0.1, -0.05) is 6.92 Å². The van der Waals surface area contributed by atoms with Crippen LogP contribution in [0.15, 0.2) is 12.4 Å². The zero-order valence-electron chi connectivity index (χ0n) is 13.2. The quantitative estimate of drug-likeness (QED) is 0.851. The van der Waals surface area contributed by atoms with Crippen LogP contribution in [-0.2, 0) is 11.2 Å². The van der Waals surface area contributed by atoms with Gasteiger partial charge in [-0.05, 0) is 39.3 Å². The molecule has 2 saturated heterocycles. The number of amides is 1.